The fourth-order valence-electron chi connectivity index (χ4n) is 8.50. The van der Waals surface area contributed by atoms with Crippen LogP contribution in [0.25, 0.3) is 22.6 Å². The fourth-order valence-corrected chi connectivity index (χ4v) is 8.76. The van der Waals surface area contributed by atoms with Crippen LogP contribution < -0.4 is 0 Å². The monoisotopic (exact) mass is 491 g/mol. The molecule has 0 N–H and O–H groups in total. The first-order valence-electron chi connectivity index (χ1n) is 14.1. The van der Waals surface area contributed by atoms with Crippen molar-refractivity contribution in [3.05, 3.63) is 35.5 Å². The van der Waals surface area contributed by atoms with Crippen LogP contribution in [-0.4, -0.2) is 42.4 Å². The first kappa shape index (κ1) is 22.4. The molecule has 0 amide bonds. The van der Waals surface area contributed by atoms with Gasteiger partial charge in [0.15, 0.2) is 5.82 Å². The third kappa shape index (κ3) is 3.94. The second kappa shape index (κ2) is 8.92. The number of nitrogens with zero attached hydrogens (tertiary/aromatic N) is 5. The van der Waals surface area contributed by atoms with Crippen molar-refractivity contribution in [2.24, 2.45) is 18.9 Å². The van der Waals surface area contributed by atoms with E-state index in [-0.39, 0.29) is 0 Å². The van der Waals surface area contributed by atoms with Crippen LogP contribution in [0.3, 0.4) is 0 Å². The van der Waals surface area contributed by atoms with Crippen molar-refractivity contribution < 1.29 is 0 Å². The third-order valence-corrected chi connectivity index (χ3v) is 10.0. The summed E-state index contributed by atoms with van der Waals surface area (Å²) in [5.41, 5.74) is 3.09. The minimum atomic E-state index is 0.452. The molecular formula is C29H38ClN5. The van der Waals surface area contributed by atoms with Crippen LogP contribution in [0.1, 0.15) is 83.1 Å². The summed E-state index contributed by atoms with van der Waals surface area (Å²) in [6, 6.07) is 11.3. The highest BCUT2D eigenvalue weighted by Crippen LogP contribution is 2.48. The Morgan fingerprint density at radius 2 is 1.51 bits per heavy atom. The van der Waals surface area contributed by atoms with Crippen LogP contribution in [0.4, 0.5) is 0 Å². The lowest BCUT2D eigenvalue weighted by atomic mass is 9.73. The average molecular weight is 492 g/mol. The molecule has 2 aliphatic heterocycles. The number of para-hydroxylation sites is 2. The lowest BCUT2D eigenvalue weighted by Crippen LogP contribution is -2.58. The number of aromatic nitrogens is 4. The highest BCUT2D eigenvalue weighted by molar-refractivity contribution is 6.32. The summed E-state index contributed by atoms with van der Waals surface area (Å²) >= 11 is 6.65. The van der Waals surface area contributed by atoms with Gasteiger partial charge in [0, 0.05) is 37.4 Å². The van der Waals surface area contributed by atoms with E-state index in [1.807, 2.05) is 13.2 Å². The van der Waals surface area contributed by atoms with Crippen LogP contribution in [0.2, 0.25) is 5.02 Å². The van der Waals surface area contributed by atoms with E-state index in [1.165, 1.54) is 82.6 Å². The molecule has 4 fully saturated rings. The zero-order valence-corrected chi connectivity index (χ0v) is 21.7. The quantitative estimate of drug-likeness (QED) is 0.395. The molecule has 0 spiro atoms. The Hall–Kier alpha value is -1.85. The van der Waals surface area contributed by atoms with Gasteiger partial charge in [0.25, 0.3) is 0 Å². The van der Waals surface area contributed by atoms with E-state index >= 15 is 0 Å². The van der Waals surface area contributed by atoms with Gasteiger partial charge in [-0.2, -0.15) is 5.10 Å². The van der Waals surface area contributed by atoms with Gasteiger partial charge in [-0.25, -0.2) is 4.98 Å². The van der Waals surface area contributed by atoms with Gasteiger partial charge in [-0.3, -0.25) is 9.58 Å². The van der Waals surface area contributed by atoms with Crippen LogP contribution in [0.15, 0.2) is 30.5 Å². The zero-order chi connectivity index (χ0) is 23.5. The number of aryl methyl sites for hydroxylation is 1. The van der Waals surface area contributed by atoms with Gasteiger partial charge in [-0.1, -0.05) is 55.8 Å². The topological polar surface area (TPSA) is 38.9 Å². The zero-order valence-electron chi connectivity index (χ0n) is 21.0. The molecule has 7 rings (SSSR count). The van der Waals surface area contributed by atoms with Crippen LogP contribution in [0, 0.1) is 11.8 Å². The van der Waals surface area contributed by atoms with Gasteiger partial charge in [0.2, 0.25) is 0 Å². The van der Waals surface area contributed by atoms with Crippen LogP contribution in [-0.2, 0) is 7.05 Å². The number of imidazole rings is 1. The molecule has 2 aliphatic carbocycles. The number of halogens is 1. The number of piperidine rings is 2. The standard InChI is InChI=1S/C29H38ClN5/c1-33-18-25(30)28(32-33)29-31-26-11-4-5-12-27(26)35(29)24-16-21-9-6-10-22(17-24)34(21)23-14-19-7-2-3-8-20(13-19)15-23/h4-5,11-12,18-24H,2-3,6-10,13-17H2,1H3/t19-,20+,21-,22+,23+,24-. The largest absolute Gasteiger partial charge is 0.319 e. The summed E-state index contributed by atoms with van der Waals surface area (Å²) in [5.74, 6) is 2.90. The van der Waals surface area contributed by atoms with E-state index in [1.54, 1.807) is 4.68 Å². The predicted octanol–water partition coefficient (Wildman–Crippen LogP) is 7.01. The molecule has 3 aromatic rings. The molecule has 186 valence electrons. The first-order chi connectivity index (χ1) is 17.1. The van der Waals surface area contributed by atoms with Crippen LogP contribution in [0.5, 0.6) is 0 Å². The Labute approximate surface area is 213 Å². The van der Waals surface area contributed by atoms with Gasteiger partial charge in [-0.05, 0) is 68.9 Å². The van der Waals surface area contributed by atoms with Gasteiger partial charge in [-0.15, -0.1) is 0 Å². The second-order valence-corrected chi connectivity index (χ2v) is 12.4. The molecule has 5 nitrogen and oxygen atoms in total. The molecule has 2 saturated heterocycles. The molecule has 6 heteroatoms. The molecular weight excluding hydrogens is 454 g/mol. The molecule has 0 radical (unpaired) electrons. The Morgan fingerprint density at radius 1 is 0.800 bits per heavy atom. The molecule has 4 heterocycles. The van der Waals surface area contributed by atoms with Crippen molar-refractivity contribution in [3.8, 4) is 11.5 Å². The molecule has 4 bridgehead atoms. The Morgan fingerprint density at radius 3 is 2.20 bits per heavy atom. The van der Waals surface area contributed by atoms with E-state index in [4.69, 9.17) is 21.7 Å². The summed E-state index contributed by atoms with van der Waals surface area (Å²) in [6.45, 7) is 0. The van der Waals surface area contributed by atoms with Crippen molar-refractivity contribution in [2.45, 2.75) is 101 Å². The number of rotatable bonds is 3. The van der Waals surface area contributed by atoms with Crippen molar-refractivity contribution >= 4 is 22.6 Å². The fraction of sp³-hybridized carbons (Fsp3) is 0.655. The summed E-state index contributed by atoms with van der Waals surface area (Å²) in [6.07, 6.45) is 18.7. The summed E-state index contributed by atoms with van der Waals surface area (Å²) in [4.78, 5) is 8.13. The minimum absolute atomic E-state index is 0.452. The molecule has 35 heavy (non-hydrogen) atoms. The molecule has 6 atom stereocenters. The molecule has 2 aromatic heterocycles. The van der Waals surface area contributed by atoms with Crippen molar-refractivity contribution in [1.82, 2.24) is 24.2 Å². The molecule has 0 unspecified atom stereocenters. The smallest absolute Gasteiger partial charge is 0.163 e. The molecule has 4 aliphatic rings. The Balaban J connectivity index is 1.23. The maximum Gasteiger partial charge on any atom is 0.163 e. The van der Waals surface area contributed by atoms with E-state index in [2.05, 4.69) is 33.7 Å². The lowest BCUT2D eigenvalue weighted by Gasteiger charge is -2.54. The van der Waals surface area contributed by atoms with E-state index < -0.39 is 0 Å². The average Bonchev–Trinajstić information content (AvgIpc) is 3.34. The Kier molecular flexibility index (Phi) is 5.70. The molecule has 2 saturated carbocycles. The van der Waals surface area contributed by atoms with Crippen molar-refractivity contribution in [1.29, 1.82) is 0 Å². The van der Waals surface area contributed by atoms with E-state index in [0.717, 1.165) is 34.9 Å². The first-order valence-corrected chi connectivity index (χ1v) is 14.5. The van der Waals surface area contributed by atoms with Gasteiger partial charge in [0.1, 0.15) is 5.69 Å². The highest BCUT2D eigenvalue weighted by Gasteiger charge is 2.45. The van der Waals surface area contributed by atoms with Gasteiger partial charge in [0.05, 0.1) is 16.1 Å². The number of fused-ring (bicyclic) bond motifs is 5. The van der Waals surface area contributed by atoms with E-state index in [9.17, 15) is 0 Å². The predicted molar refractivity (Wildman–Crippen MR) is 142 cm³/mol. The normalized spacial score (nSPS) is 33.7. The summed E-state index contributed by atoms with van der Waals surface area (Å²) in [5, 5.41) is 5.41. The van der Waals surface area contributed by atoms with Crippen molar-refractivity contribution in [3.63, 3.8) is 0 Å². The van der Waals surface area contributed by atoms with Crippen molar-refractivity contribution in [2.75, 3.05) is 0 Å². The number of benzene rings is 1. The minimum Gasteiger partial charge on any atom is -0.319 e. The summed E-state index contributed by atoms with van der Waals surface area (Å²) < 4.78 is 4.31. The van der Waals surface area contributed by atoms with E-state index in [0.29, 0.717) is 23.1 Å². The van der Waals surface area contributed by atoms with Crippen LogP contribution >= 0.6 is 11.6 Å². The van der Waals surface area contributed by atoms with Gasteiger partial charge >= 0.3 is 0 Å². The number of hydrogen-bond acceptors (Lipinski definition) is 3. The maximum absolute atomic E-state index is 6.65. The number of hydrogen-bond donors (Lipinski definition) is 0. The second-order valence-electron chi connectivity index (χ2n) is 12.0. The summed E-state index contributed by atoms with van der Waals surface area (Å²) in [7, 11) is 1.94. The maximum atomic E-state index is 6.65. The molecule has 1 aromatic carbocycles. The Bertz CT molecular complexity index is 1190. The SMILES string of the molecule is Cn1cc(Cl)c(-c2nc3ccccc3n2[C@@H]2C[C@H]3CCC[C@@H](C2)N3[C@H]2C[C@@H]3CCCC[C@@H](C3)C2)n1. The van der Waals surface area contributed by atoms with Gasteiger partial charge < -0.3 is 4.57 Å². The highest BCUT2D eigenvalue weighted by atomic mass is 35.5. The lowest BCUT2D eigenvalue weighted by molar-refractivity contribution is -0.0415. The third-order valence-electron chi connectivity index (χ3n) is 9.74.